The van der Waals surface area contributed by atoms with Gasteiger partial charge in [-0.2, -0.15) is 0 Å². The van der Waals surface area contributed by atoms with Gasteiger partial charge < -0.3 is 15.4 Å². The fourth-order valence-corrected chi connectivity index (χ4v) is 2.82. The van der Waals surface area contributed by atoms with Crippen molar-refractivity contribution < 1.29 is 4.74 Å². The number of thioether (sulfide) groups is 1. The number of aliphatic imine (C=N–C) groups is 1. The Kier molecular flexibility index (Phi) is 8.74. The van der Waals surface area contributed by atoms with E-state index in [1.165, 1.54) is 4.90 Å². The van der Waals surface area contributed by atoms with Gasteiger partial charge in [0.05, 0.1) is 7.11 Å². The maximum Gasteiger partial charge on any atom is 0.191 e. The second-order valence-corrected chi connectivity index (χ2v) is 5.88. The van der Waals surface area contributed by atoms with Gasteiger partial charge in [0.1, 0.15) is 5.75 Å². The van der Waals surface area contributed by atoms with Gasteiger partial charge in [-0.25, -0.2) is 0 Å². The van der Waals surface area contributed by atoms with Gasteiger partial charge in [-0.3, -0.25) is 4.99 Å². The van der Waals surface area contributed by atoms with Crippen molar-refractivity contribution in [2.24, 2.45) is 10.9 Å². The van der Waals surface area contributed by atoms with E-state index in [4.69, 9.17) is 4.74 Å². The minimum atomic E-state index is 0.507. The highest BCUT2D eigenvalue weighted by Crippen LogP contribution is 2.29. The molecule has 1 atom stereocenters. The molecule has 1 aromatic rings. The summed E-state index contributed by atoms with van der Waals surface area (Å²) in [6, 6.07) is 8.14. The maximum absolute atomic E-state index is 5.37. The molecule has 1 rings (SSSR count). The van der Waals surface area contributed by atoms with E-state index in [9.17, 15) is 0 Å². The molecular weight excluding hydrogens is 282 g/mol. The first-order valence-corrected chi connectivity index (χ1v) is 8.47. The van der Waals surface area contributed by atoms with E-state index in [1.54, 1.807) is 7.11 Å². The molecule has 1 unspecified atom stereocenters. The molecule has 0 amide bonds. The van der Waals surface area contributed by atoms with Crippen molar-refractivity contribution in [1.29, 1.82) is 0 Å². The quantitative estimate of drug-likeness (QED) is 0.440. The monoisotopic (exact) mass is 309 g/mol. The van der Waals surface area contributed by atoms with Crippen molar-refractivity contribution in [3.63, 3.8) is 0 Å². The molecule has 0 radical (unpaired) electrons. The Balaban J connectivity index is 2.46. The van der Waals surface area contributed by atoms with Crippen LogP contribution < -0.4 is 15.4 Å². The Hall–Kier alpha value is -1.36. The third kappa shape index (κ3) is 6.76. The van der Waals surface area contributed by atoms with Gasteiger partial charge >= 0.3 is 0 Å². The lowest BCUT2D eigenvalue weighted by molar-refractivity contribution is 0.405. The lowest BCUT2D eigenvalue weighted by Gasteiger charge is -2.13. The summed E-state index contributed by atoms with van der Waals surface area (Å²) in [6.45, 7) is 8.97. The molecule has 0 saturated carbocycles. The second kappa shape index (κ2) is 10.4. The zero-order chi connectivity index (χ0) is 15.5. The van der Waals surface area contributed by atoms with E-state index in [-0.39, 0.29) is 0 Å². The fourth-order valence-electron chi connectivity index (χ4n) is 1.78. The van der Waals surface area contributed by atoms with Crippen molar-refractivity contribution >= 4 is 17.7 Å². The van der Waals surface area contributed by atoms with Crippen molar-refractivity contribution in [1.82, 2.24) is 10.6 Å². The van der Waals surface area contributed by atoms with Crippen LogP contribution in [0.25, 0.3) is 0 Å². The van der Waals surface area contributed by atoms with Gasteiger partial charge in [0.15, 0.2) is 5.96 Å². The Bertz CT molecular complexity index is 429. The third-order valence-electron chi connectivity index (χ3n) is 2.84. The number of nitrogens with zero attached hydrogens (tertiary/aromatic N) is 1. The second-order valence-electron chi connectivity index (χ2n) is 4.82. The molecule has 1 aromatic carbocycles. The van der Waals surface area contributed by atoms with Gasteiger partial charge in [-0.15, -0.1) is 11.8 Å². The molecule has 0 aliphatic carbocycles. The molecule has 0 spiro atoms. The number of rotatable bonds is 8. The van der Waals surface area contributed by atoms with E-state index < -0.39 is 0 Å². The molecule has 0 bridgehead atoms. The van der Waals surface area contributed by atoms with Crippen molar-refractivity contribution in [2.75, 3.05) is 32.5 Å². The summed E-state index contributed by atoms with van der Waals surface area (Å²) in [5, 5.41) is 6.49. The van der Waals surface area contributed by atoms with Gasteiger partial charge in [0.25, 0.3) is 0 Å². The van der Waals surface area contributed by atoms with Crippen LogP contribution in [0.5, 0.6) is 5.75 Å². The molecule has 0 aliphatic rings. The van der Waals surface area contributed by atoms with Crippen molar-refractivity contribution in [3.05, 3.63) is 24.3 Å². The van der Waals surface area contributed by atoms with Crippen molar-refractivity contribution in [2.45, 2.75) is 25.7 Å². The van der Waals surface area contributed by atoms with Gasteiger partial charge in [0.2, 0.25) is 0 Å². The van der Waals surface area contributed by atoms with Crippen LogP contribution >= 0.6 is 11.8 Å². The Morgan fingerprint density at radius 1 is 1.24 bits per heavy atom. The number of guanidine groups is 1. The molecule has 0 saturated heterocycles. The van der Waals surface area contributed by atoms with E-state index in [0.717, 1.165) is 37.1 Å². The first kappa shape index (κ1) is 17.7. The topological polar surface area (TPSA) is 45.7 Å². The van der Waals surface area contributed by atoms with Crippen LogP contribution in [0.4, 0.5) is 0 Å². The highest BCUT2D eigenvalue weighted by Gasteiger charge is 2.07. The van der Waals surface area contributed by atoms with Gasteiger partial charge in [-0.1, -0.05) is 19.1 Å². The number of para-hydroxylation sites is 1. The summed E-state index contributed by atoms with van der Waals surface area (Å²) in [6.07, 6.45) is 0. The predicted molar refractivity (Wildman–Crippen MR) is 92.5 cm³/mol. The number of methoxy groups -OCH3 is 1. The van der Waals surface area contributed by atoms with Crippen LogP contribution in [0.1, 0.15) is 20.8 Å². The first-order chi connectivity index (χ1) is 10.2. The average molecular weight is 309 g/mol. The molecule has 0 heterocycles. The van der Waals surface area contributed by atoms with E-state index in [1.807, 2.05) is 30.0 Å². The SMILES string of the molecule is CCNC(=NCC(C)CSc1ccccc1OC)NCC. The van der Waals surface area contributed by atoms with Gasteiger partial charge in [-0.05, 0) is 31.9 Å². The number of benzene rings is 1. The molecule has 21 heavy (non-hydrogen) atoms. The summed E-state index contributed by atoms with van der Waals surface area (Å²) in [5.41, 5.74) is 0. The number of ether oxygens (including phenoxy) is 1. The van der Waals surface area contributed by atoms with Crippen LogP contribution in [0.2, 0.25) is 0 Å². The van der Waals surface area contributed by atoms with Gasteiger partial charge in [0, 0.05) is 30.3 Å². The predicted octanol–water partition coefficient (Wildman–Crippen LogP) is 3.00. The van der Waals surface area contributed by atoms with Crippen LogP contribution in [0, 0.1) is 5.92 Å². The fraction of sp³-hybridized carbons (Fsp3) is 0.562. The highest BCUT2D eigenvalue weighted by molar-refractivity contribution is 7.99. The smallest absolute Gasteiger partial charge is 0.191 e. The molecule has 4 nitrogen and oxygen atoms in total. The minimum Gasteiger partial charge on any atom is -0.496 e. The number of nitrogens with one attached hydrogen (secondary N) is 2. The van der Waals surface area contributed by atoms with Crippen LogP contribution in [0.3, 0.4) is 0 Å². The zero-order valence-corrected chi connectivity index (χ0v) is 14.3. The van der Waals surface area contributed by atoms with Crippen LogP contribution in [-0.2, 0) is 0 Å². The molecule has 2 N–H and O–H groups in total. The summed E-state index contributed by atoms with van der Waals surface area (Å²) in [7, 11) is 1.71. The molecule has 5 heteroatoms. The third-order valence-corrected chi connectivity index (χ3v) is 4.23. The van der Waals surface area contributed by atoms with E-state index in [2.05, 4.69) is 42.5 Å². The lowest BCUT2D eigenvalue weighted by Crippen LogP contribution is -2.37. The summed E-state index contributed by atoms with van der Waals surface area (Å²) in [5.74, 6) is 3.37. The first-order valence-electron chi connectivity index (χ1n) is 7.49. The molecule has 0 aliphatic heterocycles. The highest BCUT2D eigenvalue weighted by atomic mass is 32.2. The summed E-state index contributed by atoms with van der Waals surface area (Å²) in [4.78, 5) is 5.80. The number of hydrogen-bond donors (Lipinski definition) is 2. The average Bonchev–Trinajstić information content (AvgIpc) is 2.51. The van der Waals surface area contributed by atoms with E-state index in [0.29, 0.717) is 5.92 Å². The summed E-state index contributed by atoms with van der Waals surface area (Å²) < 4.78 is 5.37. The number of hydrogen-bond acceptors (Lipinski definition) is 3. The Labute approximate surface area is 132 Å². The van der Waals surface area contributed by atoms with Crippen molar-refractivity contribution in [3.8, 4) is 5.75 Å². The largest absolute Gasteiger partial charge is 0.496 e. The zero-order valence-electron chi connectivity index (χ0n) is 13.5. The molecular formula is C16H27N3OS. The molecule has 0 fully saturated rings. The van der Waals surface area contributed by atoms with E-state index >= 15 is 0 Å². The normalized spacial score (nSPS) is 11.6. The Morgan fingerprint density at radius 3 is 2.52 bits per heavy atom. The standard InChI is InChI=1S/C16H27N3OS/c1-5-17-16(18-6-2)19-11-13(3)12-21-15-10-8-7-9-14(15)20-4/h7-10,13H,5-6,11-12H2,1-4H3,(H2,17,18,19). The molecule has 0 aromatic heterocycles. The maximum atomic E-state index is 5.37. The lowest BCUT2D eigenvalue weighted by atomic mass is 10.2. The molecule has 118 valence electrons. The minimum absolute atomic E-state index is 0.507. The Morgan fingerprint density at radius 2 is 1.90 bits per heavy atom. The summed E-state index contributed by atoms with van der Waals surface area (Å²) >= 11 is 1.82. The van der Waals surface area contributed by atoms with Crippen LogP contribution in [-0.4, -0.2) is 38.5 Å². The van der Waals surface area contributed by atoms with Crippen LogP contribution in [0.15, 0.2) is 34.2 Å².